The van der Waals surface area contributed by atoms with Gasteiger partial charge in [0.15, 0.2) is 0 Å². The maximum atomic E-state index is 2.08. The molecule has 0 atom stereocenters. The van der Waals surface area contributed by atoms with Crippen LogP contribution < -0.4 is 0 Å². The Morgan fingerprint density at radius 3 is 1.36 bits per heavy atom. The molecule has 0 spiro atoms. The van der Waals surface area contributed by atoms with Gasteiger partial charge in [-0.15, -0.1) is 37.2 Å². The molecular weight excluding hydrogens is 219 g/mol. The predicted molar refractivity (Wildman–Crippen MR) is 64.3 cm³/mol. The van der Waals surface area contributed by atoms with E-state index in [0.717, 1.165) is 0 Å². The Morgan fingerprint density at radius 1 is 0.818 bits per heavy atom. The molecule has 11 heavy (non-hydrogen) atoms. The van der Waals surface area contributed by atoms with E-state index in [-0.39, 0.29) is 48.2 Å². The summed E-state index contributed by atoms with van der Waals surface area (Å²) in [6, 6.07) is 10.3. The van der Waals surface area contributed by atoms with Crippen LogP contribution in [0.2, 0.25) is 0 Å². The molecule has 0 aliphatic rings. The van der Waals surface area contributed by atoms with Crippen molar-refractivity contribution >= 4 is 48.2 Å². The summed E-state index contributed by atoms with van der Waals surface area (Å²) in [5.74, 6) is 0. The first kappa shape index (κ1) is 22.5. The van der Waals surface area contributed by atoms with E-state index in [9.17, 15) is 0 Å². The molecule has 0 aromatic heterocycles. The summed E-state index contributed by atoms with van der Waals surface area (Å²) in [5, 5.41) is 0. The summed E-state index contributed by atoms with van der Waals surface area (Å²) < 4.78 is 0. The van der Waals surface area contributed by atoms with Crippen molar-refractivity contribution in [2.75, 3.05) is 0 Å². The smallest absolute Gasteiger partial charge is 0.0149 e. The summed E-state index contributed by atoms with van der Waals surface area (Å²) in [6.45, 7) is 2.08. The third-order valence-corrected chi connectivity index (χ3v) is 0.940. The van der Waals surface area contributed by atoms with Crippen molar-refractivity contribution in [3.63, 3.8) is 0 Å². The van der Waals surface area contributed by atoms with Crippen LogP contribution in [-0.4, -0.2) is 11.0 Å². The highest BCUT2D eigenvalue weighted by Gasteiger charge is 1.72. The molecule has 0 amide bonds. The molecule has 0 aliphatic heterocycles. The first-order valence-corrected chi connectivity index (χ1v) is 2.41. The van der Waals surface area contributed by atoms with Gasteiger partial charge < -0.3 is 0 Å². The van der Waals surface area contributed by atoms with Crippen molar-refractivity contribution < 1.29 is 0 Å². The molecule has 0 saturated carbocycles. The third kappa shape index (κ3) is 10.3. The molecular formula is C7H15Cl3Si. The number of aryl methyl sites for hydroxylation is 1. The maximum absolute atomic E-state index is 2.08. The molecule has 0 bridgehead atoms. The minimum absolute atomic E-state index is 0. The Hall–Kier alpha value is 0.307. The van der Waals surface area contributed by atoms with Crippen LogP contribution in [0.1, 0.15) is 5.56 Å². The van der Waals surface area contributed by atoms with Crippen LogP contribution in [0, 0.1) is 6.92 Å². The molecule has 68 valence electrons. The Labute approximate surface area is 91.0 Å². The van der Waals surface area contributed by atoms with Crippen molar-refractivity contribution in [2.24, 2.45) is 0 Å². The highest BCUT2D eigenvalue weighted by Crippen LogP contribution is 1.92. The molecule has 0 nitrogen and oxygen atoms in total. The Bertz CT molecular complexity index is 144. The van der Waals surface area contributed by atoms with Crippen LogP contribution in [0.3, 0.4) is 0 Å². The highest BCUT2D eigenvalue weighted by molar-refractivity contribution is 5.86. The van der Waals surface area contributed by atoms with Gasteiger partial charge in [-0.3, -0.25) is 0 Å². The topological polar surface area (TPSA) is 0 Å². The second-order valence-electron chi connectivity index (χ2n) is 1.65. The van der Waals surface area contributed by atoms with Gasteiger partial charge in [0.1, 0.15) is 0 Å². The fourth-order valence-corrected chi connectivity index (χ4v) is 0.534. The molecule has 1 aromatic rings. The Balaban J connectivity index is -0.0000000612. The standard InChI is InChI=1S/C7H8.3ClH.H4Si/c1-7-5-3-2-4-6-7;;;;/h2-6H,1H3;3*1H;1H4. The van der Waals surface area contributed by atoms with E-state index >= 15 is 0 Å². The van der Waals surface area contributed by atoms with Gasteiger partial charge in [-0.05, 0) is 17.9 Å². The SMILES string of the molecule is Cc1ccccc1.Cl.Cl.Cl.[SiH4]. The number of hydrogen-bond donors (Lipinski definition) is 0. The van der Waals surface area contributed by atoms with Gasteiger partial charge in [0.05, 0.1) is 0 Å². The zero-order valence-electron chi connectivity index (χ0n) is 5.61. The van der Waals surface area contributed by atoms with E-state index in [4.69, 9.17) is 0 Å². The van der Waals surface area contributed by atoms with Gasteiger partial charge in [-0.2, -0.15) is 0 Å². The number of rotatable bonds is 0. The van der Waals surface area contributed by atoms with E-state index in [1.165, 1.54) is 5.56 Å². The summed E-state index contributed by atoms with van der Waals surface area (Å²) in [7, 11) is 0. The first-order valence-electron chi connectivity index (χ1n) is 2.41. The van der Waals surface area contributed by atoms with Crippen molar-refractivity contribution in [2.45, 2.75) is 6.92 Å². The molecule has 0 fully saturated rings. The Kier molecular flexibility index (Phi) is 26.5. The molecule has 0 N–H and O–H groups in total. The van der Waals surface area contributed by atoms with E-state index in [0.29, 0.717) is 0 Å². The quantitative estimate of drug-likeness (QED) is 0.600. The largest absolute Gasteiger partial charge is 0.147 e. The zero-order chi connectivity index (χ0) is 5.11. The molecule has 1 rings (SSSR count). The van der Waals surface area contributed by atoms with Gasteiger partial charge in [0.2, 0.25) is 0 Å². The average Bonchev–Trinajstić information content (AvgIpc) is 1.69. The van der Waals surface area contributed by atoms with Crippen molar-refractivity contribution in [3.8, 4) is 0 Å². The van der Waals surface area contributed by atoms with Crippen LogP contribution in [-0.2, 0) is 0 Å². The molecule has 4 heteroatoms. The first-order chi connectivity index (χ1) is 3.39. The van der Waals surface area contributed by atoms with Crippen LogP contribution in [0.15, 0.2) is 30.3 Å². The van der Waals surface area contributed by atoms with Gasteiger partial charge in [0, 0.05) is 0 Å². The van der Waals surface area contributed by atoms with Gasteiger partial charge >= 0.3 is 0 Å². The lowest BCUT2D eigenvalue weighted by Crippen LogP contribution is -1.62. The Morgan fingerprint density at radius 2 is 1.18 bits per heavy atom. The van der Waals surface area contributed by atoms with E-state index in [2.05, 4.69) is 19.1 Å². The number of halogens is 3. The third-order valence-electron chi connectivity index (χ3n) is 0.940. The molecule has 0 aliphatic carbocycles. The molecule has 1 aromatic carbocycles. The lowest BCUT2D eigenvalue weighted by atomic mass is 10.2. The second kappa shape index (κ2) is 12.9. The summed E-state index contributed by atoms with van der Waals surface area (Å²) in [6.07, 6.45) is 0. The van der Waals surface area contributed by atoms with E-state index in [1.54, 1.807) is 0 Å². The van der Waals surface area contributed by atoms with Crippen molar-refractivity contribution in [1.29, 1.82) is 0 Å². The summed E-state index contributed by atoms with van der Waals surface area (Å²) >= 11 is 0. The monoisotopic (exact) mass is 232 g/mol. The van der Waals surface area contributed by atoms with Crippen molar-refractivity contribution in [1.82, 2.24) is 0 Å². The minimum Gasteiger partial charge on any atom is -0.147 e. The normalized spacial score (nSPS) is 5.55. The molecule has 0 heterocycles. The van der Waals surface area contributed by atoms with Crippen LogP contribution in [0.4, 0.5) is 0 Å². The van der Waals surface area contributed by atoms with E-state index in [1.807, 2.05) is 18.2 Å². The predicted octanol–water partition coefficient (Wildman–Crippen LogP) is 1.81. The minimum atomic E-state index is 0. The summed E-state index contributed by atoms with van der Waals surface area (Å²) in [5.41, 5.74) is 1.32. The highest BCUT2D eigenvalue weighted by atomic mass is 35.5. The molecule has 0 saturated heterocycles. The van der Waals surface area contributed by atoms with Gasteiger partial charge in [-0.1, -0.05) is 35.9 Å². The maximum Gasteiger partial charge on any atom is -0.0149 e. The fraction of sp³-hybridized carbons (Fsp3) is 0.143. The van der Waals surface area contributed by atoms with Crippen LogP contribution >= 0.6 is 37.2 Å². The van der Waals surface area contributed by atoms with E-state index < -0.39 is 0 Å². The second-order valence-corrected chi connectivity index (χ2v) is 1.65. The molecule has 0 unspecified atom stereocenters. The van der Waals surface area contributed by atoms with Crippen LogP contribution in [0.5, 0.6) is 0 Å². The van der Waals surface area contributed by atoms with Gasteiger partial charge in [0.25, 0.3) is 0 Å². The van der Waals surface area contributed by atoms with Gasteiger partial charge in [-0.25, -0.2) is 0 Å². The molecule has 0 radical (unpaired) electrons. The zero-order valence-corrected chi connectivity index (χ0v) is 8.06. The van der Waals surface area contributed by atoms with Crippen molar-refractivity contribution in [3.05, 3.63) is 35.9 Å². The average molecular weight is 234 g/mol. The fourth-order valence-electron chi connectivity index (χ4n) is 0.534. The summed E-state index contributed by atoms with van der Waals surface area (Å²) in [4.78, 5) is 0. The lowest BCUT2D eigenvalue weighted by Gasteiger charge is -1.82. The lowest BCUT2D eigenvalue weighted by molar-refractivity contribution is 1.48. The number of benzene rings is 1. The number of hydrogen-bond acceptors (Lipinski definition) is 0. The van der Waals surface area contributed by atoms with Crippen LogP contribution in [0.25, 0.3) is 0 Å².